The molecule has 0 unspecified atom stereocenters. The van der Waals surface area contributed by atoms with Gasteiger partial charge in [-0.15, -0.1) is 5.10 Å². The average molecular weight is 342 g/mol. The van der Waals surface area contributed by atoms with E-state index in [0.717, 1.165) is 28.3 Å². The van der Waals surface area contributed by atoms with Gasteiger partial charge >= 0.3 is 0 Å². The molecule has 1 aromatic heterocycles. The summed E-state index contributed by atoms with van der Waals surface area (Å²) < 4.78 is 12.7. The van der Waals surface area contributed by atoms with E-state index >= 15 is 0 Å². The lowest BCUT2D eigenvalue weighted by molar-refractivity contribution is 0.199. The molecular weight excluding hydrogens is 326 g/mol. The zero-order chi connectivity index (χ0) is 14.4. The van der Waals surface area contributed by atoms with Crippen molar-refractivity contribution in [3.63, 3.8) is 0 Å². The van der Waals surface area contributed by atoms with Crippen LogP contribution in [0, 0.1) is 0 Å². The van der Waals surface area contributed by atoms with Crippen LogP contribution in [0.3, 0.4) is 0 Å². The minimum absolute atomic E-state index is 0.569. The molecule has 0 aliphatic rings. The van der Waals surface area contributed by atoms with Gasteiger partial charge in [0.1, 0.15) is 5.75 Å². The van der Waals surface area contributed by atoms with Gasteiger partial charge in [0.15, 0.2) is 5.82 Å². The van der Waals surface area contributed by atoms with E-state index in [1.165, 1.54) is 0 Å². The Kier molecular flexibility index (Phi) is 5.45. The molecule has 7 nitrogen and oxygen atoms in total. The van der Waals surface area contributed by atoms with Crippen molar-refractivity contribution < 1.29 is 9.47 Å². The molecule has 2 rings (SSSR count). The maximum absolute atomic E-state index is 5.21. The highest BCUT2D eigenvalue weighted by molar-refractivity contribution is 9.10. The molecule has 0 aliphatic heterocycles. The van der Waals surface area contributed by atoms with Crippen LogP contribution in [0.5, 0.6) is 5.75 Å². The lowest BCUT2D eigenvalue weighted by atomic mass is 10.3. The highest BCUT2D eigenvalue weighted by Crippen LogP contribution is 2.26. The third-order valence-electron chi connectivity index (χ3n) is 2.68. The lowest BCUT2D eigenvalue weighted by Crippen LogP contribution is -2.21. The van der Waals surface area contributed by atoms with Crippen LogP contribution in [-0.2, 0) is 11.3 Å². The predicted octanol–water partition coefficient (Wildman–Crippen LogP) is 1.17. The third-order valence-corrected chi connectivity index (χ3v) is 3.30. The highest BCUT2D eigenvalue weighted by atomic mass is 79.9. The van der Waals surface area contributed by atoms with Gasteiger partial charge in [0.2, 0.25) is 0 Å². The molecule has 0 aliphatic carbocycles. The van der Waals surface area contributed by atoms with E-state index < -0.39 is 0 Å². The van der Waals surface area contributed by atoms with Crippen molar-refractivity contribution in [2.24, 2.45) is 0 Å². The zero-order valence-corrected chi connectivity index (χ0v) is 12.9. The molecule has 0 amide bonds. The molecular formula is C12H16BrN5O2. The van der Waals surface area contributed by atoms with Gasteiger partial charge in [-0.3, -0.25) is 0 Å². The molecule has 1 heterocycles. The van der Waals surface area contributed by atoms with Gasteiger partial charge in [-0.25, -0.2) is 0 Å². The number of benzene rings is 1. The summed E-state index contributed by atoms with van der Waals surface area (Å²) in [7, 11) is 3.29. The highest BCUT2D eigenvalue weighted by Gasteiger charge is 2.09. The molecule has 2 aromatic rings. The quantitative estimate of drug-likeness (QED) is 0.762. The minimum Gasteiger partial charge on any atom is -0.496 e. The van der Waals surface area contributed by atoms with E-state index in [1.54, 1.807) is 18.9 Å². The van der Waals surface area contributed by atoms with Crippen molar-refractivity contribution >= 4 is 15.9 Å². The molecule has 0 spiro atoms. The smallest absolute Gasteiger partial charge is 0.170 e. The maximum Gasteiger partial charge on any atom is 0.170 e. The SMILES string of the molecule is COCCNCc1nnnn1-c1ccc(OC)c(Br)c1. The van der Waals surface area contributed by atoms with Crippen LogP contribution < -0.4 is 10.1 Å². The van der Waals surface area contributed by atoms with Crippen LogP contribution in [0.1, 0.15) is 5.82 Å². The van der Waals surface area contributed by atoms with Crippen LogP contribution in [0.15, 0.2) is 22.7 Å². The van der Waals surface area contributed by atoms with E-state index in [4.69, 9.17) is 9.47 Å². The fraction of sp³-hybridized carbons (Fsp3) is 0.417. The second-order valence-electron chi connectivity index (χ2n) is 4.00. The zero-order valence-electron chi connectivity index (χ0n) is 11.3. The van der Waals surface area contributed by atoms with Gasteiger partial charge in [-0.05, 0) is 44.6 Å². The van der Waals surface area contributed by atoms with Crippen molar-refractivity contribution in [3.05, 3.63) is 28.5 Å². The Morgan fingerprint density at radius 3 is 2.90 bits per heavy atom. The number of nitrogens with zero attached hydrogens (tertiary/aromatic N) is 4. The van der Waals surface area contributed by atoms with Crippen molar-refractivity contribution in [1.29, 1.82) is 0 Å². The summed E-state index contributed by atoms with van der Waals surface area (Å²) in [6.07, 6.45) is 0. The Hall–Kier alpha value is -1.51. The molecule has 1 N–H and O–H groups in total. The molecule has 0 radical (unpaired) electrons. The van der Waals surface area contributed by atoms with Crippen molar-refractivity contribution in [1.82, 2.24) is 25.5 Å². The number of ether oxygens (including phenoxy) is 2. The number of methoxy groups -OCH3 is 2. The number of hydrogen-bond acceptors (Lipinski definition) is 6. The summed E-state index contributed by atoms with van der Waals surface area (Å²) in [5.74, 6) is 1.50. The monoisotopic (exact) mass is 341 g/mol. The van der Waals surface area contributed by atoms with Crippen LogP contribution in [0.4, 0.5) is 0 Å². The van der Waals surface area contributed by atoms with Gasteiger partial charge in [0.25, 0.3) is 0 Å². The number of tetrazole rings is 1. The molecule has 0 bridgehead atoms. The molecule has 1 aromatic carbocycles. The first kappa shape index (κ1) is 14.9. The van der Waals surface area contributed by atoms with Gasteiger partial charge in [0.05, 0.1) is 30.4 Å². The standard InChI is InChI=1S/C12H16BrN5O2/c1-19-6-5-14-8-12-15-16-17-18(12)9-3-4-11(20-2)10(13)7-9/h3-4,7,14H,5-6,8H2,1-2H3. The molecule has 20 heavy (non-hydrogen) atoms. The predicted molar refractivity (Wildman–Crippen MR) is 77.0 cm³/mol. The number of hydrogen-bond donors (Lipinski definition) is 1. The molecule has 0 saturated carbocycles. The number of halogens is 1. The molecule has 108 valence electrons. The Morgan fingerprint density at radius 2 is 2.20 bits per heavy atom. The summed E-state index contributed by atoms with van der Waals surface area (Å²) in [5, 5.41) is 14.9. The minimum atomic E-state index is 0.569. The summed E-state index contributed by atoms with van der Waals surface area (Å²) in [6.45, 7) is 1.96. The number of rotatable bonds is 7. The van der Waals surface area contributed by atoms with E-state index in [1.807, 2.05) is 18.2 Å². The first-order valence-corrected chi connectivity index (χ1v) is 6.86. The Morgan fingerprint density at radius 1 is 1.35 bits per heavy atom. The summed E-state index contributed by atoms with van der Waals surface area (Å²) in [6, 6.07) is 5.68. The fourth-order valence-electron chi connectivity index (χ4n) is 1.68. The average Bonchev–Trinajstić information content (AvgIpc) is 2.92. The lowest BCUT2D eigenvalue weighted by Gasteiger charge is -2.08. The fourth-order valence-corrected chi connectivity index (χ4v) is 2.21. The Bertz CT molecular complexity index is 561. The van der Waals surface area contributed by atoms with Gasteiger partial charge in [-0.1, -0.05) is 0 Å². The second kappa shape index (κ2) is 7.32. The molecule has 0 atom stereocenters. The van der Waals surface area contributed by atoms with Crippen molar-refractivity contribution in [2.75, 3.05) is 27.4 Å². The van der Waals surface area contributed by atoms with E-state index in [2.05, 4.69) is 36.8 Å². The van der Waals surface area contributed by atoms with Crippen LogP contribution in [0.2, 0.25) is 0 Å². The Labute approximate surface area is 125 Å². The number of aromatic nitrogens is 4. The molecule has 0 saturated heterocycles. The third kappa shape index (κ3) is 3.53. The first-order valence-electron chi connectivity index (χ1n) is 6.07. The van der Waals surface area contributed by atoms with E-state index in [-0.39, 0.29) is 0 Å². The Balaban J connectivity index is 2.13. The summed E-state index contributed by atoms with van der Waals surface area (Å²) in [5.41, 5.74) is 0.867. The van der Waals surface area contributed by atoms with Crippen LogP contribution in [-0.4, -0.2) is 47.6 Å². The first-order chi connectivity index (χ1) is 9.76. The second-order valence-corrected chi connectivity index (χ2v) is 4.85. The maximum atomic E-state index is 5.21. The normalized spacial score (nSPS) is 10.8. The largest absolute Gasteiger partial charge is 0.496 e. The van der Waals surface area contributed by atoms with Gasteiger partial charge in [0, 0.05) is 13.7 Å². The van der Waals surface area contributed by atoms with Crippen molar-refractivity contribution in [3.8, 4) is 11.4 Å². The van der Waals surface area contributed by atoms with Crippen molar-refractivity contribution in [2.45, 2.75) is 6.54 Å². The summed E-state index contributed by atoms with van der Waals surface area (Å²) in [4.78, 5) is 0. The van der Waals surface area contributed by atoms with Gasteiger partial charge < -0.3 is 14.8 Å². The molecule has 8 heteroatoms. The van der Waals surface area contributed by atoms with E-state index in [0.29, 0.717) is 13.2 Å². The van der Waals surface area contributed by atoms with Crippen LogP contribution >= 0.6 is 15.9 Å². The van der Waals surface area contributed by atoms with E-state index in [9.17, 15) is 0 Å². The summed E-state index contributed by atoms with van der Waals surface area (Å²) >= 11 is 3.45. The van der Waals surface area contributed by atoms with Gasteiger partial charge in [-0.2, -0.15) is 4.68 Å². The topological polar surface area (TPSA) is 74.1 Å². The number of nitrogens with one attached hydrogen (secondary N) is 1. The van der Waals surface area contributed by atoms with Crippen LogP contribution in [0.25, 0.3) is 5.69 Å². The molecule has 0 fully saturated rings.